The Hall–Kier alpha value is -0.150. The van der Waals surface area contributed by atoms with Crippen LogP contribution in [0.5, 0.6) is 0 Å². The van der Waals surface area contributed by atoms with E-state index < -0.39 is 0 Å². The fourth-order valence-corrected chi connectivity index (χ4v) is 3.38. The molecule has 2 rings (SSSR count). The van der Waals surface area contributed by atoms with E-state index in [2.05, 4.69) is 17.1 Å². The first-order chi connectivity index (χ1) is 7.80. The monoisotopic (exact) mass is 228 g/mol. The summed E-state index contributed by atoms with van der Waals surface area (Å²) in [7, 11) is 0. The summed E-state index contributed by atoms with van der Waals surface area (Å²) in [5.41, 5.74) is 0.288. The second kappa shape index (κ2) is 5.46. The molecule has 1 saturated heterocycles. The maximum Gasteiger partial charge on any atom is 0.102 e. The van der Waals surface area contributed by atoms with E-state index in [0.717, 1.165) is 19.5 Å². The van der Waals surface area contributed by atoms with Gasteiger partial charge < -0.3 is 5.32 Å². The number of alkyl halides is 1. The normalized spacial score (nSPS) is 30.8. The van der Waals surface area contributed by atoms with Gasteiger partial charge >= 0.3 is 0 Å². The fourth-order valence-electron chi connectivity index (χ4n) is 3.38. The minimum absolute atomic E-state index is 0.196. The van der Waals surface area contributed by atoms with Gasteiger partial charge in [-0.1, -0.05) is 26.2 Å². The standard InChI is InChI=1S/C13H25FN2/c1-2-12-10-16(9-8-14)13(11-15-12)6-4-3-5-7-13/h12,15H,2-11H2,1H3. The number of nitrogens with zero attached hydrogens (tertiary/aromatic N) is 1. The van der Waals surface area contributed by atoms with Crippen LogP contribution in [0.1, 0.15) is 45.4 Å². The van der Waals surface area contributed by atoms with E-state index in [4.69, 9.17) is 0 Å². The van der Waals surface area contributed by atoms with Gasteiger partial charge in [-0.25, -0.2) is 4.39 Å². The van der Waals surface area contributed by atoms with Crippen molar-refractivity contribution in [3.63, 3.8) is 0 Å². The van der Waals surface area contributed by atoms with Gasteiger partial charge in [-0.05, 0) is 19.3 Å². The number of hydrogen-bond donors (Lipinski definition) is 1. The van der Waals surface area contributed by atoms with Gasteiger partial charge in [-0.3, -0.25) is 4.90 Å². The average Bonchev–Trinajstić information content (AvgIpc) is 2.34. The van der Waals surface area contributed by atoms with E-state index in [1.165, 1.54) is 32.1 Å². The molecule has 1 atom stereocenters. The molecule has 2 fully saturated rings. The molecule has 16 heavy (non-hydrogen) atoms. The first-order valence-corrected chi connectivity index (χ1v) is 6.85. The summed E-state index contributed by atoms with van der Waals surface area (Å²) in [5, 5.41) is 3.65. The number of hydrogen-bond acceptors (Lipinski definition) is 2. The fraction of sp³-hybridized carbons (Fsp3) is 1.00. The number of rotatable bonds is 3. The van der Waals surface area contributed by atoms with Gasteiger partial charge in [-0.15, -0.1) is 0 Å². The molecule has 1 unspecified atom stereocenters. The summed E-state index contributed by atoms with van der Waals surface area (Å²) in [6, 6.07) is 0.569. The number of halogens is 1. The van der Waals surface area contributed by atoms with Crippen LogP contribution in [0, 0.1) is 0 Å². The van der Waals surface area contributed by atoms with Gasteiger partial charge in [0.2, 0.25) is 0 Å². The van der Waals surface area contributed by atoms with Crippen LogP contribution in [0.25, 0.3) is 0 Å². The van der Waals surface area contributed by atoms with Crippen LogP contribution < -0.4 is 5.32 Å². The third-order valence-corrected chi connectivity index (χ3v) is 4.46. The van der Waals surface area contributed by atoms with Crippen molar-refractivity contribution in [3.8, 4) is 0 Å². The lowest BCUT2D eigenvalue weighted by Crippen LogP contribution is -2.65. The van der Waals surface area contributed by atoms with Gasteiger partial charge in [0.1, 0.15) is 6.67 Å². The molecule has 0 aromatic rings. The quantitative estimate of drug-likeness (QED) is 0.797. The molecule has 1 spiro atoms. The molecule has 1 aliphatic heterocycles. The second-order valence-corrected chi connectivity index (χ2v) is 5.41. The summed E-state index contributed by atoms with van der Waals surface area (Å²) in [4.78, 5) is 2.44. The average molecular weight is 228 g/mol. The predicted octanol–water partition coefficient (Wildman–Crippen LogP) is 2.34. The van der Waals surface area contributed by atoms with E-state index >= 15 is 0 Å². The minimum Gasteiger partial charge on any atom is -0.311 e. The zero-order valence-corrected chi connectivity index (χ0v) is 10.5. The first kappa shape index (κ1) is 12.3. The van der Waals surface area contributed by atoms with Gasteiger partial charge in [0, 0.05) is 31.2 Å². The van der Waals surface area contributed by atoms with Crippen LogP contribution >= 0.6 is 0 Å². The van der Waals surface area contributed by atoms with Crippen molar-refractivity contribution in [3.05, 3.63) is 0 Å². The van der Waals surface area contributed by atoms with Crippen LogP contribution in [0.2, 0.25) is 0 Å². The van der Waals surface area contributed by atoms with E-state index in [-0.39, 0.29) is 12.2 Å². The van der Waals surface area contributed by atoms with Gasteiger partial charge in [-0.2, -0.15) is 0 Å². The molecular weight excluding hydrogens is 203 g/mol. The Bertz CT molecular complexity index is 214. The van der Waals surface area contributed by atoms with Crippen molar-refractivity contribution < 1.29 is 4.39 Å². The maximum atomic E-state index is 12.7. The molecule has 0 aromatic heterocycles. The van der Waals surface area contributed by atoms with E-state index in [9.17, 15) is 4.39 Å². The highest BCUT2D eigenvalue weighted by Crippen LogP contribution is 2.35. The molecule has 1 heterocycles. The van der Waals surface area contributed by atoms with Crippen molar-refractivity contribution in [2.24, 2.45) is 0 Å². The maximum absolute atomic E-state index is 12.7. The molecule has 1 N–H and O–H groups in total. The highest BCUT2D eigenvalue weighted by molar-refractivity contribution is 5.00. The highest BCUT2D eigenvalue weighted by Gasteiger charge is 2.41. The molecular formula is C13H25FN2. The molecule has 0 radical (unpaired) electrons. The van der Waals surface area contributed by atoms with Crippen molar-refractivity contribution in [1.29, 1.82) is 0 Å². The molecule has 94 valence electrons. The summed E-state index contributed by atoms with van der Waals surface area (Å²) in [6.07, 6.45) is 7.68. The van der Waals surface area contributed by atoms with Crippen molar-refractivity contribution in [2.45, 2.75) is 57.0 Å². The van der Waals surface area contributed by atoms with Crippen LogP contribution in [0.15, 0.2) is 0 Å². The zero-order valence-electron chi connectivity index (χ0n) is 10.5. The predicted molar refractivity (Wildman–Crippen MR) is 65.4 cm³/mol. The third kappa shape index (κ3) is 2.40. The lowest BCUT2D eigenvalue weighted by Gasteiger charge is -2.52. The SMILES string of the molecule is CCC1CN(CCF)C2(CCCCC2)CN1. The van der Waals surface area contributed by atoms with Gasteiger partial charge in [0.15, 0.2) is 0 Å². The summed E-state index contributed by atoms with van der Waals surface area (Å²) < 4.78 is 12.7. The van der Waals surface area contributed by atoms with E-state index in [1.807, 2.05) is 0 Å². The smallest absolute Gasteiger partial charge is 0.102 e. The molecule has 0 aromatic carbocycles. The van der Waals surface area contributed by atoms with Crippen molar-refractivity contribution >= 4 is 0 Å². The number of nitrogens with one attached hydrogen (secondary N) is 1. The topological polar surface area (TPSA) is 15.3 Å². The Kier molecular flexibility index (Phi) is 4.20. The Morgan fingerprint density at radius 1 is 1.31 bits per heavy atom. The summed E-state index contributed by atoms with van der Waals surface area (Å²) >= 11 is 0. The molecule has 1 aliphatic carbocycles. The highest BCUT2D eigenvalue weighted by atomic mass is 19.1. The molecule has 1 saturated carbocycles. The van der Waals surface area contributed by atoms with Crippen LogP contribution in [0.4, 0.5) is 4.39 Å². The van der Waals surface area contributed by atoms with E-state index in [0.29, 0.717) is 12.6 Å². The lowest BCUT2D eigenvalue weighted by atomic mass is 9.78. The van der Waals surface area contributed by atoms with Crippen molar-refractivity contribution in [2.75, 3.05) is 26.3 Å². The Balaban J connectivity index is 2.03. The second-order valence-electron chi connectivity index (χ2n) is 5.41. The first-order valence-electron chi connectivity index (χ1n) is 6.85. The molecule has 2 nitrogen and oxygen atoms in total. The Labute approximate surface area is 98.6 Å². The van der Waals surface area contributed by atoms with Crippen LogP contribution in [-0.4, -0.2) is 42.8 Å². The molecule has 0 bridgehead atoms. The largest absolute Gasteiger partial charge is 0.311 e. The zero-order chi connectivity index (χ0) is 11.4. The summed E-state index contributed by atoms with van der Waals surface area (Å²) in [5.74, 6) is 0. The molecule has 3 heteroatoms. The van der Waals surface area contributed by atoms with Crippen LogP contribution in [0.3, 0.4) is 0 Å². The van der Waals surface area contributed by atoms with Gasteiger partial charge in [0.25, 0.3) is 0 Å². The third-order valence-electron chi connectivity index (χ3n) is 4.46. The molecule has 0 amide bonds. The Morgan fingerprint density at radius 2 is 2.06 bits per heavy atom. The van der Waals surface area contributed by atoms with Gasteiger partial charge in [0.05, 0.1) is 0 Å². The Morgan fingerprint density at radius 3 is 2.69 bits per heavy atom. The van der Waals surface area contributed by atoms with Crippen LogP contribution in [-0.2, 0) is 0 Å². The minimum atomic E-state index is -0.196. The lowest BCUT2D eigenvalue weighted by molar-refractivity contribution is 0.00562. The summed E-state index contributed by atoms with van der Waals surface area (Å²) in [6.45, 7) is 4.77. The van der Waals surface area contributed by atoms with Crippen molar-refractivity contribution in [1.82, 2.24) is 10.2 Å². The van der Waals surface area contributed by atoms with E-state index in [1.54, 1.807) is 0 Å². The molecule has 2 aliphatic rings. The number of piperazine rings is 1.